The van der Waals surface area contributed by atoms with Gasteiger partial charge in [-0.2, -0.15) is 0 Å². The molecule has 222 valence electrons. The van der Waals surface area contributed by atoms with E-state index in [1.807, 2.05) is 33.8 Å². The number of hydrogen-bond donors (Lipinski definition) is 1. The Morgan fingerprint density at radius 3 is 2.41 bits per heavy atom. The molecule has 2 atom stereocenters. The molecule has 4 heterocycles. The predicted octanol–water partition coefficient (Wildman–Crippen LogP) is 4.76. The Kier molecular flexibility index (Phi) is 10.5. The highest BCUT2D eigenvalue weighted by Gasteiger charge is 2.37. The highest BCUT2D eigenvalue weighted by Crippen LogP contribution is 2.46. The number of ether oxygens (including phenoxy) is 1. The number of pyridine rings is 2. The van der Waals surface area contributed by atoms with E-state index in [0.717, 1.165) is 46.2 Å². The Morgan fingerprint density at radius 2 is 1.83 bits per heavy atom. The molecule has 3 aromatic rings. The van der Waals surface area contributed by atoms with Crippen molar-refractivity contribution >= 4 is 23.2 Å². The fourth-order valence-electron chi connectivity index (χ4n) is 6.07. The number of carbonyl (C=O) groups excluding carboxylic acids is 2. The Balaban J connectivity index is 0.000000525. The number of aromatic nitrogens is 2. The zero-order valence-electron chi connectivity index (χ0n) is 24.8. The highest BCUT2D eigenvalue weighted by molar-refractivity contribution is 5.93. The molecule has 0 bridgehead atoms. The van der Waals surface area contributed by atoms with Crippen LogP contribution in [-0.4, -0.2) is 59.7 Å². The lowest BCUT2D eigenvalue weighted by Crippen LogP contribution is -2.32. The number of nitrogens with zero attached hydrogens (tertiary/aromatic N) is 3. The number of halogens is 2. The Morgan fingerprint density at radius 1 is 1.17 bits per heavy atom. The summed E-state index contributed by atoms with van der Waals surface area (Å²) in [5.74, 6) is -0.978. The van der Waals surface area contributed by atoms with Gasteiger partial charge >= 0.3 is 5.97 Å². The number of aldehydes is 1. The molecule has 3 aliphatic rings. The summed E-state index contributed by atoms with van der Waals surface area (Å²) in [5.41, 5.74) is 7.17. The maximum Gasteiger partial charge on any atom is 0.313 e. The van der Waals surface area contributed by atoms with Crippen molar-refractivity contribution in [3.8, 4) is 11.4 Å². The van der Waals surface area contributed by atoms with Crippen LogP contribution in [0.25, 0.3) is 22.3 Å². The van der Waals surface area contributed by atoms with Crippen LogP contribution in [0, 0.1) is 12.7 Å². The summed E-state index contributed by atoms with van der Waals surface area (Å²) < 4.78 is 31.4. The second kappa shape index (κ2) is 13.4. The maximum atomic E-state index is 14.8. The minimum atomic E-state index is -0.448. The van der Waals surface area contributed by atoms with Crippen LogP contribution in [0.15, 0.2) is 16.9 Å². The number of hydrogen-bond acceptors (Lipinski definition) is 7. The quantitative estimate of drug-likeness (QED) is 0.279. The number of cyclic esters (lactones) is 1. The molecule has 0 radical (unpaired) electrons. The van der Waals surface area contributed by atoms with E-state index < -0.39 is 5.92 Å². The summed E-state index contributed by atoms with van der Waals surface area (Å²) in [6.07, 6.45) is 2.68. The molecule has 1 aromatic carbocycles. The van der Waals surface area contributed by atoms with Gasteiger partial charge in [0.05, 0.1) is 48.7 Å². The molecule has 10 heteroatoms. The molecule has 1 N–H and O–H groups in total. The SMILES string of the molecule is CC.CCC1C(=O)OCc2c1cc1n(c2=O)Cc2c-1nc1cc(F)c(C)c3c1c2C(N(C)C)CC3.CF.O=CCO. The zero-order valence-corrected chi connectivity index (χ0v) is 24.8. The molecule has 0 saturated heterocycles. The van der Waals surface area contributed by atoms with E-state index in [0.29, 0.717) is 48.8 Å². The summed E-state index contributed by atoms with van der Waals surface area (Å²) in [4.78, 5) is 41.9. The van der Waals surface area contributed by atoms with Crippen LogP contribution in [0.5, 0.6) is 0 Å². The van der Waals surface area contributed by atoms with Crippen molar-refractivity contribution in [3.05, 3.63) is 61.7 Å². The van der Waals surface area contributed by atoms with Crippen molar-refractivity contribution in [2.45, 2.75) is 72.1 Å². The van der Waals surface area contributed by atoms with Crippen molar-refractivity contribution in [1.82, 2.24) is 14.5 Å². The number of aliphatic hydroxyl groups is 1. The lowest BCUT2D eigenvalue weighted by molar-refractivity contribution is -0.148. The first kappa shape index (κ1) is 32.0. The lowest BCUT2D eigenvalue weighted by Gasteiger charge is -2.33. The molecule has 1 aliphatic carbocycles. The van der Waals surface area contributed by atoms with Crippen molar-refractivity contribution in [2.75, 3.05) is 27.9 Å². The number of alkyl halides is 1. The highest BCUT2D eigenvalue weighted by atomic mass is 19.1. The van der Waals surface area contributed by atoms with Gasteiger partial charge in [-0.1, -0.05) is 20.8 Å². The Labute approximate surface area is 239 Å². The van der Waals surface area contributed by atoms with Gasteiger partial charge in [-0.15, -0.1) is 0 Å². The normalized spacial score (nSPS) is 17.5. The molecule has 0 spiro atoms. The van der Waals surface area contributed by atoms with Gasteiger partial charge in [0.25, 0.3) is 5.56 Å². The Bertz CT molecular complexity index is 1520. The van der Waals surface area contributed by atoms with E-state index >= 15 is 0 Å². The van der Waals surface area contributed by atoms with E-state index in [4.69, 9.17) is 19.6 Å². The summed E-state index contributed by atoms with van der Waals surface area (Å²) in [5, 5.41) is 8.54. The molecule has 2 unspecified atom stereocenters. The second-order valence-corrected chi connectivity index (χ2v) is 10.00. The third-order valence-electron chi connectivity index (χ3n) is 7.86. The maximum absolute atomic E-state index is 14.8. The average Bonchev–Trinajstić information content (AvgIpc) is 3.36. The molecule has 0 fully saturated rings. The predicted molar refractivity (Wildman–Crippen MR) is 154 cm³/mol. The average molecular weight is 572 g/mol. The van der Waals surface area contributed by atoms with Gasteiger partial charge in [-0.25, -0.2) is 9.37 Å². The largest absolute Gasteiger partial charge is 0.460 e. The number of benzene rings is 1. The van der Waals surface area contributed by atoms with Crippen molar-refractivity contribution < 1.29 is 28.2 Å². The van der Waals surface area contributed by atoms with E-state index in [-0.39, 0.29) is 36.6 Å². The van der Waals surface area contributed by atoms with Crippen molar-refractivity contribution in [2.24, 2.45) is 0 Å². The van der Waals surface area contributed by atoms with E-state index in [1.54, 1.807) is 4.57 Å². The van der Waals surface area contributed by atoms with Gasteiger partial charge in [0.2, 0.25) is 0 Å². The topological polar surface area (TPSA) is 102 Å². The molecule has 41 heavy (non-hydrogen) atoms. The standard InChI is InChI=1S/C26H26FN3O3.C2H4O2.C2H6.CH3F/c1-5-13-15-8-21-24-16(10-30(21)25(31)17(15)11-33-26(13)32)23-20(29(3)4)7-6-14-12(2)18(27)9-19(28-24)22(14)23;3-1-2-4;2*1-2/h8-9,13,20H,5-7,10-11H2,1-4H3;1,4H,2H2;1-2H3;1H3. The summed E-state index contributed by atoms with van der Waals surface area (Å²) in [6, 6.07) is 3.64. The smallest absolute Gasteiger partial charge is 0.313 e. The van der Waals surface area contributed by atoms with Gasteiger partial charge in [-0.3, -0.25) is 14.0 Å². The van der Waals surface area contributed by atoms with E-state index in [9.17, 15) is 18.4 Å². The number of rotatable bonds is 3. The summed E-state index contributed by atoms with van der Waals surface area (Å²) in [7, 11) is 4.62. The molecule has 2 aromatic heterocycles. The van der Waals surface area contributed by atoms with Gasteiger partial charge in [0.1, 0.15) is 18.7 Å². The minimum Gasteiger partial charge on any atom is -0.460 e. The van der Waals surface area contributed by atoms with Crippen LogP contribution in [-0.2, 0) is 33.9 Å². The molecule has 8 nitrogen and oxygen atoms in total. The zero-order chi connectivity index (χ0) is 30.6. The number of carbonyl (C=O) groups is 2. The summed E-state index contributed by atoms with van der Waals surface area (Å²) in [6.45, 7) is 7.84. The van der Waals surface area contributed by atoms with Gasteiger partial charge in [0, 0.05) is 23.1 Å². The van der Waals surface area contributed by atoms with E-state index in [1.165, 1.54) is 6.07 Å². The number of aryl methyl sites for hydroxylation is 1. The van der Waals surface area contributed by atoms with Crippen LogP contribution in [0.3, 0.4) is 0 Å². The van der Waals surface area contributed by atoms with Gasteiger partial charge in [-0.05, 0) is 68.6 Å². The van der Waals surface area contributed by atoms with Crippen molar-refractivity contribution in [1.29, 1.82) is 0 Å². The lowest BCUT2D eigenvalue weighted by atomic mass is 9.81. The molecule has 0 amide bonds. The number of esters is 1. The molecule has 0 saturated carbocycles. The first-order valence-electron chi connectivity index (χ1n) is 13.9. The third kappa shape index (κ3) is 5.42. The Hall–Kier alpha value is -3.50. The molecule has 6 rings (SSSR count). The second-order valence-electron chi connectivity index (χ2n) is 10.00. The van der Waals surface area contributed by atoms with Crippen LogP contribution < -0.4 is 5.56 Å². The van der Waals surface area contributed by atoms with Crippen molar-refractivity contribution in [3.63, 3.8) is 0 Å². The first-order chi connectivity index (χ1) is 19.7. The fourth-order valence-corrected chi connectivity index (χ4v) is 6.07. The molecular weight excluding hydrogens is 532 g/mol. The number of fused-ring (bicyclic) bond motifs is 5. The third-order valence-corrected chi connectivity index (χ3v) is 7.86. The van der Waals surface area contributed by atoms with E-state index in [2.05, 4.69) is 19.0 Å². The molecular formula is C31H39F2N3O5. The van der Waals surface area contributed by atoms with Gasteiger partial charge in [0.15, 0.2) is 0 Å². The first-order valence-corrected chi connectivity index (χ1v) is 13.9. The number of aliphatic hydroxyl groups excluding tert-OH is 1. The van der Waals surface area contributed by atoms with Crippen LogP contribution >= 0.6 is 0 Å². The van der Waals surface area contributed by atoms with Crippen LogP contribution in [0.1, 0.15) is 79.0 Å². The van der Waals surface area contributed by atoms with Gasteiger partial charge < -0.3 is 24.1 Å². The summed E-state index contributed by atoms with van der Waals surface area (Å²) >= 11 is 0. The van der Waals surface area contributed by atoms with Crippen LogP contribution in [0.2, 0.25) is 0 Å². The van der Waals surface area contributed by atoms with Crippen LogP contribution in [0.4, 0.5) is 8.78 Å². The molecule has 2 aliphatic heterocycles. The minimum absolute atomic E-state index is 0.0112. The monoisotopic (exact) mass is 571 g/mol. The fraction of sp³-hybridized carbons (Fsp3) is 0.484.